The van der Waals surface area contributed by atoms with Gasteiger partial charge in [-0.2, -0.15) is 10.5 Å². The fraction of sp³-hybridized carbons (Fsp3) is 0.333. The molecule has 2 rings (SSSR count). The lowest BCUT2D eigenvalue weighted by atomic mass is 9.72. The van der Waals surface area contributed by atoms with Gasteiger partial charge in [0.2, 0.25) is 11.8 Å². The van der Waals surface area contributed by atoms with Crippen LogP contribution in [0.1, 0.15) is 19.4 Å². The van der Waals surface area contributed by atoms with Crippen LogP contribution in [0.25, 0.3) is 0 Å². The average molecular weight is 354 g/mol. The summed E-state index contributed by atoms with van der Waals surface area (Å²) in [6.45, 7) is 5.30. The molecule has 7 heteroatoms. The Bertz CT molecular complexity index is 830. The molecule has 0 saturated carbocycles. The van der Waals surface area contributed by atoms with Crippen molar-refractivity contribution in [1.29, 1.82) is 10.5 Å². The second-order valence-corrected chi connectivity index (χ2v) is 7.28. The first-order valence-corrected chi connectivity index (χ1v) is 8.62. The highest BCUT2D eigenvalue weighted by Crippen LogP contribution is 2.41. The SMILES string of the molecule is Cc1cccc(NC(=O)CSC2=C(C#N)C(C)(C)[C@H](C#N)C(=O)N2)c1. The number of nitrogens with zero attached hydrogens (tertiary/aromatic N) is 2. The Morgan fingerprint density at radius 1 is 1.40 bits per heavy atom. The number of benzene rings is 1. The fourth-order valence-electron chi connectivity index (χ4n) is 2.59. The number of carbonyl (C=O) groups is 2. The van der Waals surface area contributed by atoms with Gasteiger partial charge in [0.05, 0.1) is 28.5 Å². The summed E-state index contributed by atoms with van der Waals surface area (Å²) in [6, 6.07) is 11.4. The van der Waals surface area contributed by atoms with Crippen molar-refractivity contribution in [2.75, 3.05) is 11.1 Å². The molecule has 25 heavy (non-hydrogen) atoms. The molecule has 1 aliphatic heterocycles. The van der Waals surface area contributed by atoms with Crippen LogP contribution < -0.4 is 10.6 Å². The van der Waals surface area contributed by atoms with Crippen molar-refractivity contribution in [2.45, 2.75) is 20.8 Å². The zero-order valence-corrected chi connectivity index (χ0v) is 15.0. The molecule has 0 saturated heterocycles. The molecule has 6 nitrogen and oxygen atoms in total. The van der Waals surface area contributed by atoms with Gasteiger partial charge >= 0.3 is 0 Å². The lowest BCUT2D eigenvalue weighted by Gasteiger charge is -2.34. The van der Waals surface area contributed by atoms with E-state index in [1.807, 2.05) is 31.2 Å². The van der Waals surface area contributed by atoms with Crippen molar-refractivity contribution in [1.82, 2.24) is 5.32 Å². The summed E-state index contributed by atoms with van der Waals surface area (Å²) in [5.41, 5.74) is 1.13. The molecule has 2 N–H and O–H groups in total. The van der Waals surface area contributed by atoms with Gasteiger partial charge in [0, 0.05) is 11.1 Å². The molecule has 1 heterocycles. The number of allylic oxidation sites excluding steroid dienone is 1. The van der Waals surface area contributed by atoms with E-state index in [2.05, 4.69) is 16.7 Å². The van der Waals surface area contributed by atoms with E-state index in [9.17, 15) is 20.1 Å². The van der Waals surface area contributed by atoms with E-state index in [0.717, 1.165) is 17.3 Å². The maximum atomic E-state index is 12.1. The van der Waals surface area contributed by atoms with E-state index in [1.54, 1.807) is 19.9 Å². The first-order valence-electron chi connectivity index (χ1n) is 7.64. The Balaban J connectivity index is 2.12. The van der Waals surface area contributed by atoms with E-state index in [-0.39, 0.29) is 11.7 Å². The van der Waals surface area contributed by atoms with Crippen molar-refractivity contribution in [2.24, 2.45) is 11.3 Å². The van der Waals surface area contributed by atoms with Crippen LogP contribution in [0, 0.1) is 40.9 Å². The van der Waals surface area contributed by atoms with Gasteiger partial charge in [-0.1, -0.05) is 37.7 Å². The summed E-state index contributed by atoms with van der Waals surface area (Å²) >= 11 is 1.08. The van der Waals surface area contributed by atoms with Gasteiger partial charge in [-0.25, -0.2) is 0 Å². The Labute approximate surface area is 150 Å². The zero-order valence-electron chi connectivity index (χ0n) is 14.2. The number of rotatable bonds is 4. The van der Waals surface area contributed by atoms with Crippen molar-refractivity contribution in [3.05, 3.63) is 40.4 Å². The summed E-state index contributed by atoms with van der Waals surface area (Å²) in [5.74, 6) is -1.59. The molecule has 0 bridgehead atoms. The van der Waals surface area contributed by atoms with Crippen LogP contribution >= 0.6 is 11.8 Å². The van der Waals surface area contributed by atoms with Crippen LogP contribution in [-0.2, 0) is 9.59 Å². The summed E-state index contributed by atoms with van der Waals surface area (Å²) < 4.78 is 0. The molecule has 1 aliphatic rings. The average Bonchev–Trinajstić information content (AvgIpc) is 2.52. The molecule has 0 unspecified atom stereocenters. The summed E-state index contributed by atoms with van der Waals surface area (Å²) in [4.78, 5) is 24.2. The monoisotopic (exact) mass is 354 g/mol. The lowest BCUT2D eigenvalue weighted by Crippen LogP contribution is -2.44. The molecule has 0 aromatic heterocycles. The van der Waals surface area contributed by atoms with Crippen LogP contribution in [0.4, 0.5) is 5.69 Å². The highest BCUT2D eigenvalue weighted by Gasteiger charge is 2.44. The summed E-state index contributed by atoms with van der Waals surface area (Å²) in [6.07, 6.45) is 0. The number of anilines is 1. The van der Waals surface area contributed by atoms with Gasteiger partial charge in [0.25, 0.3) is 0 Å². The van der Waals surface area contributed by atoms with E-state index in [0.29, 0.717) is 16.3 Å². The second kappa shape index (κ2) is 7.42. The third kappa shape index (κ3) is 4.01. The molecular weight excluding hydrogens is 336 g/mol. The minimum Gasteiger partial charge on any atom is -0.325 e. The van der Waals surface area contributed by atoms with Gasteiger partial charge in [-0.3, -0.25) is 9.59 Å². The normalized spacial score (nSPS) is 18.8. The van der Waals surface area contributed by atoms with Crippen LogP contribution in [0.5, 0.6) is 0 Å². The topological polar surface area (TPSA) is 106 Å². The van der Waals surface area contributed by atoms with Crippen molar-refractivity contribution < 1.29 is 9.59 Å². The fourth-order valence-corrected chi connectivity index (χ4v) is 3.57. The number of thioether (sulfide) groups is 1. The molecule has 0 radical (unpaired) electrons. The Morgan fingerprint density at radius 2 is 2.12 bits per heavy atom. The molecule has 2 amide bonds. The maximum absolute atomic E-state index is 12.1. The molecule has 0 spiro atoms. The molecule has 1 aromatic carbocycles. The molecule has 128 valence electrons. The molecule has 1 atom stereocenters. The second-order valence-electron chi connectivity index (χ2n) is 6.30. The lowest BCUT2D eigenvalue weighted by molar-refractivity contribution is -0.125. The zero-order chi connectivity index (χ0) is 18.6. The molecule has 1 aromatic rings. The van der Waals surface area contributed by atoms with Crippen LogP contribution in [-0.4, -0.2) is 17.6 Å². The number of aryl methyl sites for hydroxylation is 1. The highest BCUT2D eigenvalue weighted by molar-refractivity contribution is 8.03. The number of nitriles is 2. The van der Waals surface area contributed by atoms with Crippen molar-refractivity contribution >= 4 is 29.3 Å². The van der Waals surface area contributed by atoms with Crippen LogP contribution in [0.2, 0.25) is 0 Å². The van der Waals surface area contributed by atoms with Crippen LogP contribution in [0.3, 0.4) is 0 Å². The Morgan fingerprint density at radius 3 is 2.72 bits per heavy atom. The number of nitrogens with one attached hydrogen (secondary N) is 2. The third-order valence-corrected chi connectivity index (χ3v) is 4.98. The van der Waals surface area contributed by atoms with Crippen molar-refractivity contribution in [3.8, 4) is 12.1 Å². The molecular formula is C18H18N4O2S. The Kier molecular flexibility index (Phi) is 5.51. The molecule has 0 fully saturated rings. The number of hydrogen-bond acceptors (Lipinski definition) is 5. The van der Waals surface area contributed by atoms with Gasteiger partial charge in [0.15, 0.2) is 0 Å². The van der Waals surface area contributed by atoms with Gasteiger partial charge < -0.3 is 10.6 Å². The number of hydrogen-bond donors (Lipinski definition) is 2. The maximum Gasteiger partial charge on any atom is 0.243 e. The van der Waals surface area contributed by atoms with Crippen LogP contribution in [0.15, 0.2) is 34.9 Å². The highest BCUT2D eigenvalue weighted by atomic mass is 32.2. The summed E-state index contributed by atoms with van der Waals surface area (Å²) in [7, 11) is 0. The minimum atomic E-state index is -0.937. The first kappa shape index (κ1) is 18.6. The first-order chi connectivity index (χ1) is 11.8. The van der Waals surface area contributed by atoms with Gasteiger partial charge in [0.1, 0.15) is 5.92 Å². The predicted octanol–water partition coefficient (Wildman–Crippen LogP) is 2.70. The van der Waals surface area contributed by atoms with E-state index >= 15 is 0 Å². The quantitative estimate of drug-likeness (QED) is 0.865. The molecule has 0 aliphatic carbocycles. The number of carbonyl (C=O) groups excluding carboxylic acids is 2. The minimum absolute atomic E-state index is 0.0437. The largest absolute Gasteiger partial charge is 0.325 e. The number of amides is 2. The smallest absolute Gasteiger partial charge is 0.243 e. The van der Waals surface area contributed by atoms with Gasteiger partial charge in [-0.05, 0) is 24.6 Å². The standard InChI is InChI=1S/C18H18N4O2S/c1-11-5-4-6-12(7-11)21-15(23)10-25-17-14(9-20)18(2,3)13(8-19)16(24)22-17/h4-7,13H,10H2,1-3H3,(H,21,23)(H,22,24)/t13-/m1/s1. The van der Waals surface area contributed by atoms with Gasteiger partial charge in [-0.15, -0.1) is 0 Å². The van der Waals surface area contributed by atoms with E-state index in [1.165, 1.54) is 0 Å². The van der Waals surface area contributed by atoms with E-state index < -0.39 is 17.2 Å². The Hall–Kier alpha value is -2.77. The van der Waals surface area contributed by atoms with Crippen molar-refractivity contribution in [3.63, 3.8) is 0 Å². The predicted molar refractivity (Wildman–Crippen MR) is 95.9 cm³/mol. The summed E-state index contributed by atoms with van der Waals surface area (Å²) in [5, 5.41) is 24.3. The van der Waals surface area contributed by atoms with E-state index in [4.69, 9.17) is 0 Å². The third-order valence-electron chi connectivity index (χ3n) is 3.98.